The molecule has 0 saturated heterocycles. The Morgan fingerprint density at radius 2 is 2.42 bits per heavy atom. The fraction of sp³-hybridized carbons (Fsp3) is 0.300. The maximum absolute atomic E-state index is 11.3. The maximum Gasteiger partial charge on any atom is 0.162 e. The molecule has 1 aromatic rings. The first-order chi connectivity index (χ1) is 5.74. The van der Waals surface area contributed by atoms with Gasteiger partial charge in [-0.15, -0.1) is 0 Å². The van der Waals surface area contributed by atoms with E-state index in [-0.39, 0.29) is 5.78 Å². The number of carbonyl (C=O) groups is 1. The summed E-state index contributed by atoms with van der Waals surface area (Å²) in [6.45, 7) is 1.98. The minimum atomic E-state index is 0.151. The first-order valence-corrected chi connectivity index (χ1v) is 4.04. The van der Waals surface area contributed by atoms with Crippen molar-refractivity contribution in [3.05, 3.63) is 29.8 Å². The molecule has 0 spiro atoms. The van der Waals surface area contributed by atoms with Gasteiger partial charge in [0.05, 0.1) is 0 Å². The summed E-state index contributed by atoms with van der Waals surface area (Å²) in [5.74, 6) is 0.151. The first-order valence-electron chi connectivity index (χ1n) is 4.04. The summed E-state index contributed by atoms with van der Waals surface area (Å²) in [6.07, 6.45) is 1.46. The number of hydrogen-bond acceptors (Lipinski definition) is 2. The van der Waals surface area contributed by atoms with Crippen LogP contribution < -0.4 is 5.73 Å². The smallest absolute Gasteiger partial charge is 0.162 e. The molecule has 0 saturated carbocycles. The molecule has 0 fully saturated rings. The highest BCUT2D eigenvalue weighted by Crippen LogP contribution is 2.08. The number of carbonyl (C=O) groups excluding carboxylic acids is 1. The van der Waals surface area contributed by atoms with Crippen LogP contribution >= 0.6 is 0 Å². The Hall–Kier alpha value is -1.31. The molecule has 0 bridgehead atoms. The van der Waals surface area contributed by atoms with Crippen LogP contribution in [0.1, 0.15) is 30.1 Å². The van der Waals surface area contributed by atoms with Crippen LogP contribution in [0.3, 0.4) is 0 Å². The highest BCUT2D eigenvalue weighted by Gasteiger charge is 2.03. The van der Waals surface area contributed by atoms with Gasteiger partial charge in [0.15, 0.2) is 5.78 Å². The van der Waals surface area contributed by atoms with Crippen LogP contribution in [0.4, 0.5) is 5.69 Å². The summed E-state index contributed by atoms with van der Waals surface area (Å²) in [5.41, 5.74) is 6.70. The lowest BCUT2D eigenvalue weighted by Gasteiger charge is -1.98. The van der Waals surface area contributed by atoms with Gasteiger partial charge in [-0.25, -0.2) is 0 Å². The lowest BCUT2D eigenvalue weighted by Crippen LogP contribution is -1.98. The molecular formula is C10H12NO. The van der Waals surface area contributed by atoms with Gasteiger partial charge in [0, 0.05) is 23.7 Å². The number of nitrogen functional groups attached to an aromatic ring is 1. The highest BCUT2D eigenvalue weighted by molar-refractivity contribution is 5.96. The third kappa shape index (κ3) is 2.09. The SMILES string of the molecule is CCCC(=O)c1cc[c]c(N)c1. The third-order valence-corrected chi connectivity index (χ3v) is 1.62. The zero-order chi connectivity index (χ0) is 8.97. The van der Waals surface area contributed by atoms with E-state index in [1.807, 2.05) is 6.92 Å². The molecule has 0 aliphatic heterocycles. The van der Waals surface area contributed by atoms with E-state index < -0.39 is 0 Å². The van der Waals surface area contributed by atoms with Crippen LogP contribution in [0.15, 0.2) is 18.2 Å². The Morgan fingerprint density at radius 3 is 3.00 bits per heavy atom. The summed E-state index contributed by atoms with van der Waals surface area (Å²) in [7, 11) is 0. The first kappa shape index (κ1) is 8.78. The summed E-state index contributed by atoms with van der Waals surface area (Å²) < 4.78 is 0. The van der Waals surface area contributed by atoms with Crippen molar-refractivity contribution in [2.75, 3.05) is 5.73 Å². The lowest BCUT2D eigenvalue weighted by atomic mass is 10.1. The molecule has 12 heavy (non-hydrogen) atoms. The number of ketones is 1. The van der Waals surface area contributed by atoms with E-state index in [0.717, 1.165) is 6.42 Å². The van der Waals surface area contributed by atoms with Gasteiger partial charge in [0.2, 0.25) is 0 Å². The van der Waals surface area contributed by atoms with Crippen molar-refractivity contribution in [3.63, 3.8) is 0 Å². The number of nitrogens with two attached hydrogens (primary N) is 1. The van der Waals surface area contributed by atoms with Crippen LogP contribution in [0.5, 0.6) is 0 Å². The minimum absolute atomic E-state index is 0.151. The van der Waals surface area contributed by atoms with Crippen molar-refractivity contribution in [1.82, 2.24) is 0 Å². The molecule has 0 aliphatic rings. The van der Waals surface area contributed by atoms with Gasteiger partial charge in [-0.2, -0.15) is 0 Å². The molecule has 2 N–H and O–H groups in total. The van der Waals surface area contributed by atoms with E-state index >= 15 is 0 Å². The molecule has 1 rings (SSSR count). The second-order valence-electron chi connectivity index (χ2n) is 2.71. The molecule has 0 atom stereocenters. The average molecular weight is 162 g/mol. The van der Waals surface area contributed by atoms with Crippen molar-refractivity contribution in [2.45, 2.75) is 19.8 Å². The molecule has 2 nitrogen and oxygen atoms in total. The zero-order valence-electron chi connectivity index (χ0n) is 7.13. The van der Waals surface area contributed by atoms with Crippen LogP contribution in [-0.2, 0) is 0 Å². The van der Waals surface area contributed by atoms with Gasteiger partial charge >= 0.3 is 0 Å². The van der Waals surface area contributed by atoms with E-state index in [1.165, 1.54) is 0 Å². The molecule has 0 unspecified atom stereocenters. The molecular weight excluding hydrogens is 150 g/mol. The maximum atomic E-state index is 11.3. The summed E-state index contributed by atoms with van der Waals surface area (Å²) in [6, 6.07) is 7.88. The van der Waals surface area contributed by atoms with Gasteiger partial charge in [0.1, 0.15) is 0 Å². The predicted octanol–water partition coefficient (Wildman–Crippen LogP) is 2.05. The molecule has 1 aromatic carbocycles. The van der Waals surface area contributed by atoms with E-state index in [0.29, 0.717) is 17.7 Å². The van der Waals surface area contributed by atoms with E-state index in [1.54, 1.807) is 18.2 Å². The van der Waals surface area contributed by atoms with Crippen LogP contribution in [0.2, 0.25) is 0 Å². The van der Waals surface area contributed by atoms with Crippen molar-refractivity contribution >= 4 is 11.5 Å². The summed E-state index contributed by atoms with van der Waals surface area (Å²) >= 11 is 0. The molecule has 0 amide bonds. The second-order valence-corrected chi connectivity index (χ2v) is 2.71. The molecule has 0 aromatic heterocycles. The Balaban J connectivity index is 2.81. The molecule has 1 radical (unpaired) electrons. The van der Waals surface area contributed by atoms with Gasteiger partial charge in [0.25, 0.3) is 0 Å². The lowest BCUT2D eigenvalue weighted by molar-refractivity contribution is 0.0982. The van der Waals surface area contributed by atoms with Crippen LogP contribution in [0, 0.1) is 6.07 Å². The van der Waals surface area contributed by atoms with Gasteiger partial charge in [-0.1, -0.05) is 19.1 Å². The largest absolute Gasteiger partial charge is 0.398 e. The van der Waals surface area contributed by atoms with Gasteiger partial charge in [-0.3, -0.25) is 4.79 Å². The number of hydrogen-bond donors (Lipinski definition) is 1. The van der Waals surface area contributed by atoms with Crippen molar-refractivity contribution in [1.29, 1.82) is 0 Å². The third-order valence-electron chi connectivity index (χ3n) is 1.62. The van der Waals surface area contributed by atoms with Crippen LogP contribution in [-0.4, -0.2) is 5.78 Å². The molecule has 0 heterocycles. The quantitative estimate of drug-likeness (QED) is 0.546. The standard InChI is InChI=1S/C10H12NO/c1-2-4-10(12)8-5-3-6-9(11)7-8/h3,5,7H,2,4,11H2,1H3. The second kappa shape index (κ2) is 3.90. The number of benzene rings is 1. The Morgan fingerprint density at radius 1 is 1.67 bits per heavy atom. The molecule has 0 aliphatic carbocycles. The number of anilines is 1. The minimum Gasteiger partial charge on any atom is -0.398 e. The van der Waals surface area contributed by atoms with Crippen molar-refractivity contribution < 1.29 is 4.79 Å². The summed E-state index contributed by atoms with van der Waals surface area (Å²) in [5, 5.41) is 0. The number of Topliss-reactive ketones (excluding diaryl/α,β-unsaturated/α-hetero) is 1. The fourth-order valence-corrected chi connectivity index (χ4v) is 1.03. The Bertz CT molecular complexity index is 281. The predicted molar refractivity (Wildman–Crippen MR) is 48.9 cm³/mol. The normalized spacial score (nSPS) is 9.75. The van der Waals surface area contributed by atoms with Gasteiger partial charge < -0.3 is 5.73 Å². The topological polar surface area (TPSA) is 43.1 Å². The highest BCUT2D eigenvalue weighted by atomic mass is 16.1. The molecule has 63 valence electrons. The summed E-state index contributed by atoms with van der Waals surface area (Å²) in [4.78, 5) is 11.3. The fourth-order valence-electron chi connectivity index (χ4n) is 1.03. The van der Waals surface area contributed by atoms with E-state index in [4.69, 9.17) is 5.73 Å². The van der Waals surface area contributed by atoms with Crippen molar-refractivity contribution in [2.24, 2.45) is 0 Å². The monoisotopic (exact) mass is 162 g/mol. The van der Waals surface area contributed by atoms with E-state index in [2.05, 4.69) is 6.07 Å². The Kier molecular flexibility index (Phi) is 2.86. The number of rotatable bonds is 3. The molecule has 2 heteroatoms. The Labute approximate surface area is 72.4 Å². The zero-order valence-corrected chi connectivity index (χ0v) is 7.13. The van der Waals surface area contributed by atoms with Crippen molar-refractivity contribution in [3.8, 4) is 0 Å². The average Bonchev–Trinajstić information content (AvgIpc) is 2.05. The van der Waals surface area contributed by atoms with Crippen LogP contribution in [0.25, 0.3) is 0 Å². The van der Waals surface area contributed by atoms with E-state index in [9.17, 15) is 4.79 Å². The van der Waals surface area contributed by atoms with Gasteiger partial charge in [-0.05, 0) is 12.5 Å².